The number of unbranched alkanes of at least 4 members (excludes halogenated alkanes) is 1. The lowest BCUT2D eigenvalue weighted by Crippen LogP contribution is -2.32. The molecule has 0 saturated carbocycles. The molecule has 5 nitrogen and oxygen atoms in total. The highest BCUT2D eigenvalue weighted by Gasteiger charge is 2.31. The topological polar surface area (TPSA) is 57.4 Å². The van der Waals surface area contributed by atoms with Crippen LogP contribution >= 0.6 is 0 Å². The Labute approximate surface area is 190 Å². The standard InChI is InChI=1S/C25H26F3N3O2/c26-25(27,28)33-21-9-7-18-11-14-31(17-20(18)15-21)13-4-3-12-29-24(32)10-8-19-16-30-23-6-2-1-5-22(19)23/h1-2,5-10,15-16,30H,3-4,11-14,17H2,(H,29,32). The number of aromatic nitrogens is 1. The first-order valence-corrected chi connectivity index (χ1v) is 11.0. The summed E-state index contributed by atoms with van der Waals surface area (Å²) in [4.78, 5) is 17.5. The van der Waals surface area contributed by atoms with Gasteiger partial charge in [-0.05, 0) is 66.8 Å². The molecular formula is C25H26F3N3O2. The molecule has 174 valence electrons. The van der Waals surface area contributed by atoms with E-state index in [0.717, 1.165) is 59.9 Å². The summed E-state index contributed by atoms with van der Waals surface area (Å²) in [7, 11) is 0. The Hall–Kier alpha value is -3.26. The van der Waals surface area contributed by atoms with Crippen molar-refractivity contribution >= 4 is 22.9 Å². The molecule has 1 amide bonds. The van der Waals surface area contributed by atoms with E-state index in [-0.39, 0.29) is 11.7 Å². The number of halogens is 3. The maximum Gasteiger partial charge on any atom is 0.573 e. The molecule has 8 heteroatoms. The third-order valence-electron chi connectivity index (χ3n) is 5.74. The number of carbonyl (C=O) groups excluding carboxylic acids is 1. The van der Waals surface area contributed by atoms with E-state index in [1.165, 1.54) is 18.2 Å². The summed E-state index contributed by atoms with van der Waals surface area (Å²) in [6, 6.07) is 12.5. The zero-order chi connectivity index (χ0) is 23.3. The fourth-order valence-electron chi connectivity index (χ4n) is 4.11. The number of aromatic amines is 1. The lowest BCUT2D eigenvalue weighted by Gasteiger charge is -2.29. The Morgan fingerprint density at radius 1 is 1.15 bits per heavy atom. The highest BCUT2D eigenvalue weighted by molar-refractivity contribution is 5.96. The Kier molecular flexibility index (Phi) is 7.03. The Morgan fingerprint density at radius 3 is 2.85 bits per heavy atom. The molecule has 0 fully saturated rings. The fraction of sp³-hybridized carbons (Fsp3) is 0.320. The average Bonchev–Trinajstić information content (AvgIpc) is 3.19. The van der Waals surface area contributed by atoms with Crippen molar-refractivity contribution in [2.75, 3.05) is 19.6 Å². The number of hydrogen-bond donors (Lipinski definition) is 2. The van der Waals surface area contributed by atoms with Crippen LogP contribution < -0.4 is 10.1 Å². The van der Waals surface area contributed by atoms with Crippen LogP contribution in [0.25, 0.3) is 17.0 Å². The molecule has 0 bridgehead atoms. The molecule has 0 spiro atoms. The van der Waals surface area contributed by atoms with Gasteiger partial charge in [0.25, 0.3) is 0 Å². The van der Waals surface area contributed by atoms with Crippen molar-refractivity contribution in [3.8, 4) is 5.75 Å². The number of carbonyl (C=O) groups is 1. The van der Waals surface area contributed by atoms with Crippen LogP contribution in [-0.4, -0.2) is 41.8 Å². The number of para-hydroxylation sites is 1. The van der Waals surface area contributed by atoms with Crippen molar-refractivity contribution in [3.63, 3.8) is 0 Å². The van der Waals surface area contributed by atoms with E-state index in [4.69, 9.17) is 0 Å². The van der Waals surface area contributed by atoms with Gasteiger partial charge in [-0.15, -0.1) is 13.2 Å². The molecule has 1 aliphatic rings. The van der Waals surface area contributed by atoms with Crippen molar-refractivity contribution in [2.45, 2.75) is 32.2 Å². The normalized spacial score (nSPS) is 14.5. The first-order valence-electron chi connectivity index (χ1n) is 11.0. The number of amides is 1. The summed E-state index contributed by atoms with van der Waals surface area (Å²) in [5.41, 5.74) is 3.94. The third-order valence-corrected chi connectivity index (χ3v) is 5.74. The summed E-state index contributed by atoms with van der Waals surface area (Å²) in [6.07, 6.45) is 3.06. The van der Waals surface area contributed by atoms with Crippen molar-refractivity contribution in [3.05, 3.63) is 71.4 Å². The van der Waals surface area contributed by atoms with Gasteiger partial charge < -0.3 is 15.0 Å². The van der Waals surface area contributed by atoms with Crippen LogP contribution in [0.1, 0.15) is 29.5 Å². The molecule has 3 aromatic rings. The molecule has 1 aliphatic heterocycles. The Balaban J connectivity index is 1.18. The molecule has 0 atom stereocenters. The number of hydrogen-bond acceptors (Lipinski definition) is 3. The van der Waals surface area contributed by atoms with Crippen LogP contribution in [0.4, 0.5) is 13.2 Å². The largest absolute Gasteiger partial charge is 0.573 e. The summed E-state index contributed by atoms with van der Waals surface area (Å²) >= 11 is 0. The fourth-order valence-corrected chi connectivity index (χ4v) is 4.11. The van der Waals surface area contributed by atoms with Gasteiger partial charge in [0.15, 0.2) is 0 Å². The minimum Gasteiger partial charge on any atom is -0.406 e. The van der Waals surface area contributed by atoms with Gasteiger partial charge in [-0.2, -0.15) is 0 Å². The monoisotopic (exact) mass is 457 g/mol. The third kappa shape index (κ3) is 6.38. The molecule has 4 rings (SSSR count). The van der Waals surface area contributed by atoms with Crippen LogP contribution in [-0.2, 0) is 17.8 Å². The van der Waals surface area contributed by atoms with Crippen molar-refractivity contribution in [1.29, 1.82) is 0 Å². The van der Waals surface area contributed by atoms with Gasteiger partial charge in [-0.3, -0.25) is 9.69 Å². The number of nitrogens with one attached hydrogen (secondary N) is 2. The smallest absolute Gasteiger partial charge is 0.406 e. The molecule has 0 aliphatic carbocycles. The van der Waals surface area contributed by atoms with Gasteiger partial charge in [-0.1, -0.05) is 24.3 Å². The summed E-state index contributed by atoms with van der Waals surface area (Å²) < 4.78 is 41.4. The lowest BCUT2D eigenvalue weighted by atomic mass is 9.99. The molecule has 1 aromatic heterocycles. The van der Waals surface area contributed by atoms with Gasteiger partial charge in [0.05, 0.1) is 0 Å². The van der Waals surface area contributed by atoms with E-state index < -0.39 is 6.36 Å². The number of alkyl halides is 3. The second-order valence-electron chi connectivity index (χ2n) is 8.13. The van der Waals surface area contributed by atoms with E-state index in [1.54, 1.807) is 12.1 Å². The predicted molar refractivity (Wildman–Crippen MR) is 122 cm³/mol. The van der Waals surface area contributed by atoms with Gasteiger partial charge in [0, 0.05) is 42.8 Å². The number of rotatable bonds is 8. The molecule has 2 N–H and O–H groups in total. The highest BCUT2D eigenvalue weighted by atomic mass is 19.4. The lowest BCUT2D eigenvalue weighted by molar-refractivity contribution is -0.274. The molecule has 2 heterocycles. The van der Waals surface area contributed by atoms with Crippen molar-refractivity contribution in [1.82, 2.24) is 15.2 Å². The SMILES string of the molecule is O=C(C=Cc1c[nH]c2ccccc12)NCCCCN1CCc2ccc(OC(F)(F)F)cc2C1. The first-order chi connectivity index (χ1) is 15.9. The summed E-state index contributed by atoms with van der Waals surface area (Å²) in [5.74, 6) is -0.309. The maximum atomic E-state index is 12.5. The molecule has 0 saturated heterocycles. The van der Waals surface area contributed by atoms with E-state index in [9.17, 15) is 18.0 Å². The number of benzene rings is 2. The second kappa shape index (κ2) is 10.1. The molecule has 33 heavy (non-hydrogen) atoms. The van der Waals surface area contributed by atoms with Crippen LogP contribution in [0.5, 0.6) is 5.75 Å². The Morgan fingerprint density at radius 2 is 2.00 bits per heavy atom. The van der Waals surface area contributed by atoms with E-state index in [0.29, 0.717) is 13.1 Å². The van der Waals surface area contributed by atoms with Gasteiger partial charge in [0.2, 0.25) is 5.91 Å². The Bertz CT molecular complexity index is 1140. The van der Waals surface area contributed by atoms with Crippen molar-refractivity contribution < 1.29 is 22.7 Å². The predicted octanol–water partition coefficient (Wildman–Crippen LogP) is 5.03. The van der Waals surface area contributed by atoms with Crippen LogP contribution in [0.15, 0.2) is 54.7 Å². The second-order valence-corrected chi connectivity index (χ2v) is 8.13. The number of H-pyrrole nitrogens is 1. The van der Waals surface area contributed by atoms with E-state index in [2.05, 4.69) is 19.9 Å². The zero-order valence-corrected chi connectivity index (χ0v) is 18.1. The van der Waals surface area contributed by atoms with E-state index in [1.807, 2.05) is 30.5 Å². The number of nitrogens with zero attached hydrogens (tertiary/aromatic N) is 1. The molecule has 0 radical (unpaired) electrons. The summed E-state index contributed by atoms with van der Waals surface area (Å²) in [6.45, 7) is 2.87. The van der Waals surface area contributed by atoms with E-state index >= 15 is 0 Å². The zero-order valence-electron chi connectivity index (χ0n) is 18.1. The molecular weight excluding hydrogens is 431 g/mol. The first kappa shape index (κ1) is 22.9. The molecule has 2 aromatic carbocycles. The minimum atomic E-state index is -4.68. The van der Waals surface area contributed by atoms with Crippen molar-refractivity contribution in [2.24, 2.45) is 0 Å². The van der Waals surface area contributed by atoms with Gasteiger partial charge in [-0.25, -0.2) is 0 Å². The van der Waals surface area contributed by atoms with Crippen LogP contribution in [0.3, 0.4) is 0 Å². The van der Waals surface area contributed by atoms with Crippen LogP contribution in [0, 0.1) is 0 Å². The number of fused-ring (bicyclic) bond motifs is 2. The van der Waals surface area contributed by atoms with Gasteiger partial charge in [0.1, 0.15) is 5.75 Å². The van der Waals surface area contributed by atoms with Crippen LogP contribution in [0.2, 0.25) is 0 Å². The number of ether oxygens (including phenoxy) is 1. The highest BCUT2D eigenvalue weighted by Crippen LogP contribution is 2.28. The maximum absolute atomic E-state index is 12.5. The average molecular weight is 457 g/mol. The molecule has 0 unspecified atom stereocenters. The summed E-state index contributed by atoms with van der Waals surface area (Å²) in [5, 5.41) is 3.97. The minimum absolute atomic E-state index is 0.135. The quantitative estimate of drug-likeness (QED) is 0.368. The van der Waals surface area contributed by atoms with Gasteiger partial charge >= 0.3 is 6.36 Å².